The van der Waals surface area contributed by atoms with E-state index >= 15 is 0 Å². The Balaban J connectivity index is 0.000000125. The van der Waals surface area contributed by atoms with Crippen LogP contribution in [0.2, 0.25) is 0 Å². The van der Waals surface area contributed by atoms with Crippen LogP contribution in [0, 0.1) is 0 Å². The number of rotatable bonds is 10. The van der Waals surface area contributed by atoms with Gasteiger partial charge in [-0.1, -0.05) is 344 Å². The number of H-pyrrole nitrogens is 1. The summed E-state index contributed by atoms with van der Waals surface area (Å²) in [6.45, 7) is 6.38. The van der Waals surface area contributed by atoms with Gasteiger partial charge in [0.1, 0.15) is 0 Å². The van der Waals surface area contributed by atoms with E-state index in [0.717, 1.165) is 21.3 Å². The Kier molecular flexibility index (Phi) is 17.0. The molecule has 0 aliphatic heterocycles. The van der Waals surface area contributed by atoms with Gasteiger partial charge in [-0.3, -0.25) is 0 Å². The quantitative estimate of drug-likeness (QED) is 0.104. The second-order valence-electron chi connectivity index (χ2n) is 26.0. The number of halogens is 1. The van der Waals surface area contributed by atoms with Crippen molar-refractivity contribution in [2.75, 3.05) is 0 Å². The molecular weight excluding hydrogens is 1300 g/mol. The molecule has 2 aromatic heterocycles. The van der Waals surface area contributed by atoms with Gasteiger partial charge in [-0.05, 0) is 200 Å². The van der Waals surface area contributed by atoms with Gasteiger partial charge in [0.15, 0.2) is 0 Å². The molecule has 19 aromatic rings. The van der Waals surface area contributed by atoms with Gasteiger partial charge in [0, 0.05) is 42.7 Å². The number of aromatic amines is 1. The fourth-order valence-electron chi connectivity index (χ4n) is 15.4. The average Bonchev–Trinajstić information content (AvgIpc) is 1.04. The van der Waals surface area contributed by atoms with E-state index in [9.17, 15) is 0 Å². The molecule has 0 amide bonds. The predicted octanol–water partition coefficient (Wildman–Crippen LogP) is 28.4. The van der Waals surface area contributed by atoms with Gasteiger partial charge in [-0.2, -0.15) is 0 Å². The number of para-hydroxylation sites is 2. The van der Waals surface area contributed by atoms with Gasteiger partial charge in [0.25, 0.3) is 0 Å². The van der Waals surface area contributed by atoms with Gasteiger partial charge in [-0.15, -0.1) is 0 Å². The van der Waals surface area contributed by atoms with Crippen LogP contribution in [0.15, 0.2) is 393 Å². The predicted molar refractivity (Wildman–Crippen MR) is 443 cm³/mol. The van der Waals surface area contributed by atoms with Gasteiger partial charge in [0.05, 0.1) is 11.0 Å². The molecule has 0 aliphatic carbocycles. The minimum atomic E-state index is 1.01. The highest BCUT2D eigenvalue weighted by molar-refractivity contribution is 9.10. The van der Waals surface area contributed by atoms with Crippen molar-refractivity contribution in [3.63, 3.8) is 0 Å². The van der Waals surface area contributed by atoms with Crippen molar-refractivity contribution >= 4 is 108 Å². The topological polar surface area (TPSA) is 20.7 Å². The molecule has 2 nitrogen and oxygen atoms in total. The Morgan fingerprint density at radius 1 is 0.284 bits per heavy atom. The molecule has 102 heavy (non-hydrogen) atoms. The molecule has 0 fully saturated rings. The highest BCUT2D eigenvalue weighted by Crippen LogP contribution is 2.47. The maximum absolute atomic E-state index is 4.35. The summed E-state index contributed by atoms with van der Waals surface area (Å²) in [6, 6.07) is 133. The highest BCUT2D eigenvalue weighted by Gasteiger charge is 2.21. The van der Waals surface area contributed by atoms with Crippen LogP contribution in [0.25, 0.3) is 176 Å². The van der Waals surface area contributed by atoms with Crippen LogP contribution < -0.4 is 0 Å². The van der Waals surface area contributed by atoms with Crippen LogP contribution in [0.4, 0.5) is 0 Å². The summed E-state index contributed by atoms with van der Waals surface area (Å²) < 4.78 is 3.50. The molecule has 0 saturated carbocycles. The largest absolute Gasteiger partial charge is 0.355 e. The number of allylic oxidation sites excluding steroid dienone is 3. The molecule has 482 valence electrons. The second-order valence-corrected chi connectivity index (χ2v) is 26.9. The van der Waals surface area contributed by atoms with Gasteiger partial charge in [0.2, 0.25) is 0 Å². The highest BCUT2D eigenvalue weighted by atomic mass is 79.9. The van der Waals surface area contributed by atoms with Crippen LogP contribution >= 0.6 is 15.9 Å². The van der Waals surface area contributed by atoms with Crippen molar-refractivity contribution in [1.29, 1.82) is 0 Å². The minimum absolute atomic E-state index is 1.01. The lowest BCUT2D eigenvalue weighted by Crippen LogP contribution is -1.95. The monoisotopic (exact) mass is 1360 g/mol. The summed E-state index contributed by atoms with van der Waals surface area (Å²) in [5.74, 6) is 0. The summed E-state index contributed by atoms with van der Waals surface area (Å²) >= 11 is 3.56. The number of nitrogens with zero attached hydrogens (tertiary/aromatic N) is 1. The van der Waals surface area contributed by atoms with E-state index in [4.69, 9.17) is 0 Å². The van der Waals surface area contributed by atoms with Crippen molar-refractivity contribution < 1.29 is 0 Å². The summed E-state index contributed by atoms with van der Waals surface area (Å²) in [7, 11) is 0. The van der Waals surface area contributed by atoms with Crippen LogP contribution in [0.5, 0.6) is 0 Å². The molecule has 1 N–H and O–H groups in total. The molecule has 17 aromatic carbocycles. The van der Waals surface area contributed by atoms with Gasteiger partial charge >= 0.3 is 0 Å². The number of nitrogens with one attached hydrogen (secondary N) is 1. The molecule has 0 spiro atoms. The Morgan fingerprint density at radius 2 is 0.627 bits per heavy atom. The Morgan fingerprint density at radius 3 is 1.14 bits per heavy atom. The van der Waals surface area contributed by atoms with Crippen molar-refractivity contribution in [1.82, 2.24) is 9.55 Å². The molecule has 0 radical (unpaired) electrons. The maximum atomic E-state index is 4.35. The zero-order valence-corrected chi connectivity index (χ0v) is 58.0. The average molecular weight is 1370 g/mol. The number of aromatic nitrogens is 2. The van der Waals surface area contributed by atoms with Gasteiger partial charge < -0.3 is 9.55 Å². The van der Waals surface area contributed by atoms with Gasteiger partial charge in [-0.25, -0.2) is 0 Å². The first kappa shape index (κ1) is 62.8. The smallest absolute Gasteiger partial charge is 0.0541 e. The molecule has 0 aliphatic rings. The Labute approximate surface area is 602 Å². The molecular formula is C99H69BrN2. The zero-order valence-electron chi connectivity index (χ0n) is 56.4. The van der Waals surface area contributed by atoms with E-state index in [1.807, 2.05) is 13.0 Å². The molecule has 2 heterocycles. The summed E-state index contributed by atoms with van der Waals surface area (Å²) in [5.41, 5.74) is 25.6. The van der Waals surface area contributed by atoms with E-state index in [1.165, 1.54) is 165 Å². The van der Waals surface area contributed by atoms with E-state index in [-0.39, 0.29) is 0 Å². The van der Waals surface area contributed by atoms with Crippen LogP contribution in [-0.4, -0.2) is 9.55 Å². The lowest BCUT2D eigenvalue weighted by atomic mass is 9.86. The molecule has 0 atom stereocenters. The molecule has 19 rings (SSSR count). The second kappa shape index (κ2) is 27.6. The van der Waals surface area contributed by atoms with Crippen LogP contribution in [-0.2, 0) is 0 Å². The van der Waals surface area contributed by atoms with Crippen LogP contribution in [0.1, 0.15) is 12.5 Å². The summed E-state index contributed by atoms with van der Waals surface area (Å²) in [5, 5.41) is 15.3. The van der Waals surface area contributed by atoms with Crippen molar-refractivity contribution in [2.24, 2.45) is 0 Å². The number of benzene rings is 17. The third-order valence-corrected chi connectivity index (χ3v) is 20.5. The van der Waals surface area contributed by atoms with Crippen molar-refractivity contribution in [3.05, 3.63) is 399 Å². The number of fused-ring (bicyclic) bond motifs is 10. The minimum Gasteiger partial charge on any atom is -0.355 e. The van der Waals surface area contributed by atoms with E-state index in [1.54, 1.807) is 0 Å². The SMILES string of the molecule is Brc1ccc(-c2c3ccccc3c(-c3ccccc3)c3ccccc23)cc1.C=C(/C=C\C)c1ccccc1-c1ccc2c(c1)c1ccccc1n2-c1ccc(-c2c3ccccc3c(-c3ccccc3)c3ccccc23)cc1.c1ccc(-c2ccccc2-c2ccc3[nH]c4ccccc4c3c2)cc1. The fourth-order valence-corrected chi connectivity index (χ4v) is 15.7. The first-order valence-corrected chi connectivity index (χ1v) is 35.7. The first-order valence-electron chi connectivity index (χ1n) is 34.9. The number of hydrogen-bond donors (Lipinski definition) is 1. The third kappa shape index (κ3) is 11.7. The Hall–Kier alpha value is -12.7. The van der Waals surface area contributed by atoms with E-state index in [2.05, 4.69) is 408 Å². The van der Waals surface area contributed by atoms with E-state index < -0.39 is 0 Å². The number of hydrogen-bond acceptors (Lipinski definition) is 0. The molecule has 0 unspecified atom stereocenters. The zero-order chi connectivity index (χ0) is 68.5. The standard InChI is InChI=1S/C49H35N.C26H17Br.C24H17N/c1-3-15-33(2)38-18-7-8-19-39(38)36-28-31-47-45(32-36)40-20-13-14-25-46(40)50(47)37-29-26-35(27-30-37)49-43-23-11-9-21-41(43)48(34-16-5-4-6-17-34)42-22-10-12-24-44(42)49;27-20-16-14-19(15-17-20)26-23-12-6-4-10-21(23)25(18-8-2-1-3-9-18)22-11-5-7-13-24(22)26;1-2-8-17(9-3-1)19-10-4-5-11-20(19)18-14-15-24-22(16-18)21-12-6-7-13-23(21)25-24/h3-32H,2H2,1H3;1-17H;1-16,25H/b15-3-;;. The van der Waals surface area contributed by atoms with Crippen molar-refractivity contribution in [3.8, 4) is 83.6 Å². The van der Waals surface area contributed by atoms with E-state index in [0.29, 0.717) is 0 Å². The van der Waals surface area contributed by atoms with Crippen LogP contribution in [0.3, 0.4) is 0 Å². The third-order valence-electron chi connectivity index (χ3n) is 20.0. The summed E-state index contributed by atoms with van der Waals surface area (Å²) in [6.07, 6.45) is 4.13. The molecule has 3 heteroatoms. The first-order chi connectivity index (χ1) is 50.4. The lowest BCUT2D eigenvalue weighted by molar-refractivity contribution is 1.18. The molecule has 0 bridgehead atoms. The fraction of sp³-hybridized carbons (Fsp3) is 0.0101. The summed E-state index contributed by atoms with van der Waals surface area (Å²) in [4.78, 5) is 3.50. The normalized spacial score (nSPS) is 11.4. The Bertz CT molecular complexity index is 6260. The lowest BCUT2D eigenvalue weighted by Gasteiger charge is -2.18. The maximum Gasteiger partial charge on any atom is 0.0541 e. The molecule has 0 saturated heterocycles. The van der Waals surface area contributed by atoms with Crippen molar-refractivity contribution in [2.45, 2.75) is 6.92 Å².